The molecular formula is C57H43BIrN2O2-2. The van der Waals surface area contributed by atoms with Gasteiger partial charge in [-0.2, -0.15) is 0 Å². The Morgan fingerprint density at radius 3 is 1.70 bits per heavy atom. The Hall–Kier alpha value is -6.85. The van der Waals surface area contributed by atoms with Gasteiger partial charge in [0.05, 0.1) is 0 Å². The summed E-state index contributed by atoms with van der Waals surface area (Å²) in [5.41, 5.74) is 20.3. The van der Waals surface area contributed by atoms with Crippen molar-refractivity contribution in [3.05, 3.63) is 210 Å². The molecule has 0 saturated carbocycles. The van der Waals surface area contributed by atoms with Crippen LogP contribution in [0.1, 0.15) is 27.8 Å². The summed E-state index contributed by atoms with van der Waals surface area (Å²) in [4.78, 5) is 9.50. The number of hydrogen-bond acceptors (Lipinski definition) is 4. The molecule has 2 aliphatic heterocycles. The maximum absolute atomic E-state index is 6.59. The fourth-order valence-electron chi connectivity index (χ4n) is 8.82. The maximum atomic E-state index is 6.59. The zero-order valence-electron chi connectivity index (χ0n) is 35.8. The third-order valence-electron chi connectivity index (χ3n) is 12.0. The minimum atomic E-state index is 0. The average molecular weight is 991 g/mol. The largest absolute Gasteiger partial charge is 0.503 e. The molecule has 7 aromatic carbocycles. The normalized spacial score (nSPS) is 11.7. The number of para-hydroxylation sites is 2. The van der Waals surface area contributed by atoms with Gasteiger partial charge in [-0.25, -0.2) is 0 Å². The number of nitrogens with zero attached hydrogens (tertiary/aromatic N) is 2. The van der Waals surface area contributed by atoms with Gasteiger partial charge < -0.3 is 19.4 Å². The molecule has 0 spiro atoms. The molecule has 1 radical (unpaired) electrons. The van der Waals surface area contributed by atoms with Crippen LogP contribution in [0.15, 0.2) is 170 Å². The van der Waals surface area contributed by atoms with Gasteiger partial charge in [-0.3, -0.25) is 0 Å². The van der Waals surface area contributed by atoms with E-state index in [4.69, 9.17) is 14.5 Å². The van der Waals surface area contributed by atoms with Crippen LogP contribution in [0.2, 0.25) is 0 Å². The number of rotatable bonds is 5. The minimum Gasteiger partial charge on any atom is -0.503 e. The minimum absolute atomic E-state index is 0. The van der Waals surface area contributed by atoms with Crippen molar-refractivity contribution >= 4 is 23.1 Å². The van der Waals surface area contributed by atoms with Crippen LogP contribution in [0.4, 0.5) is 0 Å². The van der Waals surface area contributed by atoms with E-state index < -0.39 is 0 Å². The van der Waals surface area contributed by atoms with E-state index in [9.17, 15) is 0 Å². The van der Waals surface area contributed by atoms with E-state index in [0.717, 1.165) is 67.5 Å². The summed E-state index contributed by atoms with van der Waals surface area (Å²) in [5.74, 6) is 3.30. The number of hydrogen-bond donors (Lipinski definition) is 0. The molecule has 2 aliphatic rings. The van der Waals surface area contributed by atoms with Crippen LogP contribution in [-0.4, -0.2) is 16.7 Å². The predicted molar refractivity (Wildman–Crippen MR) is 255 cm³/mol. The second kappa shape index (κ2) is 17.5. The van der Waals surface area contributed by atoms with E-state index in [1.165, 1.54) is 55.6 Å². The second-order valence-electron chi connectivity index (χ2n) is 16.2. The zero-order valence-corrected chi connectivity index (χ0v) is 38.2. The predicted octanol–water partition coefficient (Wildman–Crippen LogP) is 12.4. The van der Waals surface area contributed by atoms with Crippen molar-refractivity contribution in [3.63, 3.8) is 0 Å². The molecule has 9 aromatic rings. The van der Waals surface area contributed by atoms with Gasteiger partial charge in [-0.05, 0) is 107 Å². The second-order valence-corrected chi connectivity index (χ2v) is 16.2. The molecule has 307 valence electrons. The number of fused-ring (bicyclic) bond motifs is 4. The number of ether oxygens (including phenoxy) is 2. The molecule has 0 bridgehead atoms. The van der Waals surface area contributed by atoms with Crippen LogP contribution in [0.25, 0.3) is 55.9 Å². The van der Waals surface area contributed by atoms with E-state index >= 15 is 0 Å². The van der Waals surface area contributed by atoms with E-state index in [0.29, 0.717) is 0 Å². The Morgan fingerprint density at radius 1 is 0.460 bits per heavy atom. The van der Waals surface area contributed by atoms with Crippen molar-refractivity contribution in [2.45, 2.75) is 34.6 Å². The maximum Gasteiger partial charge on any atom is 0.239 e. The van der Waals surface area contributed by atoms with Gasteiger partial charge in [-0.15, -0.1) is 41.5 Å². The molecule has 0 aliphatic carbocycles. The molecule has 0 unspecified atom stereocenters. The summed E-state index contributed by atoms with van der Waals surface area (Å²) in [6.45, 7) is 10.7. The fourth-order valence-corrected chi connectivity index (χ4v) is 8.82. The van der Waals surface area contributed by atoms with Gasteiger partial charge in [-0.1, -0.05) is 156 Å². The molecule has 11 rings (SSSR count). The summed E-state index contributed by atoms with van der Waals surface area (Å²) in [6, 6.07) is 61.4. The number of aromatic nitrogens is 2. The standard InChI is InChI=1S/C32H23BNO2.C25H20N.Ir/c1-19-12-13-22(20(2)16-19)24-17-27(34-18-21(24)3)23-14-15-30-31-32(23)36-29-11-7-5-9-26(29)33(31)25-8-4-6-10-28(25)35-30;1-18-13-14-22(15-23(18)20-9-5-3-6-10-20)25-16-24(19(2)17-26-25)21-11-7-4-8-12-21;/h4-13,15-18H,1-3H3;3-13,15-17H,1-2H3;/q2*-1;. The Kier molecular flexibility index (Phi) is 11.5. The molecule has 4 heterocycles. The van der Waals surface area contributed by atoms with Crippen LogP contribution >= 0.6 is 0 Å². The summed E-state index contributed by atoms with van der Waals surface area (Å²) in [7, 11) is 0. The molecule has 63 heavy (non-hydrogen) atoms. The molecular weight excluding hydrogens is 948 g/mol. The van der Waals surface area contributed by atoms with Gasteiger partial charge in [0.2, 0.25) is 6.71 Å². The molecule has 0 fully saturated rings. The molecule has 0 amide bonds. The van der Waals surface area contributed by atoms with Gasteiger partial charge in [0.15, 0.2) is 0 Å². The molecule has 6 heteroatoms. The first-order valence-electron chi connectivity index (χ1n) is 21.1. The van der Waals surface area contributed by atoms with Crippen molar-refractivity contribution in [1.82, 2.24) is 9.97 Å². The van der Waals surface area contributed by atoms with Crippen LogP contribution in [-0.2, 0) is 20.1 Å². The van der Waals surface area contributed by atoms with Crippen LogP contribution in [0.5, 0.6) is 23.0 Å². The molecule has 0 saturated heterocycles. The number of aryl methyl sites for hydroxylation is 5. The first-order valence-corrected chi connectivity index (χ1v) is 21.1. The summed E-state index contributed by atoms with van der Waals surface area (Å²) < 4.78 is 12.9. The zero-order chi connectivity index (χ0) is 42.3. The van der Waals surface area contributed by atoms with Gasteiger partial charge in [0, 0.05) is 44.0 Å². The van der Waals surface area contributed by atoms with Crippen LogP contribution < -0.4 is 25.9 Å². The molecule has 2 aromatic heterocycles. The van der Waals surface area contributed by atoms with Crippen molar-refractivity contribution in [1.29, 1.82) is 0 Å². The molecule has 0 atom stereocenters. The quantitative estimate of drug-likeness (QED) is 0.127. The Bertz CT molecular complexity index is 3050. The third kappa shape index (κ3) is 7.93. The third-order valence-corrected chi connectivity index (χ3v) is 12.0. The van der Waals surface area contributed by atoms with E-state index in [-0.39, 0.29) is 26.8 Å². The van der Waals surface area contributed by atoms with Gasteiger partial charge in [0.25, 0.3) is 0 Å². The average Bonchev–Trinajstić information content (AvgIpc) is 3.30. The number of benzene rings is 7. The van der Waals surface area contributed by atoms with E-state index in [1.54, 1.807) is 0 Å². The molecule has 4 nitrogen and oxygen atoms in total. The van der Waals surface area contributed by atoms with Crippen molar-refractivity contribution in [2.24, 2.45) is 0 Å². The SMILES string of the molecule is Cc1c[c-]c(-c2cc(-c3ccccc3)c(C)cn2)cc1-c1ccccc1.Cc1ccc(-c2cc(-c3[c-]cc4c5c3Oc3ccccc3B5c3ccccc3O4)ncc2C)c(C)c1.[Ir]. The summed E-state index contributed by atoms with van der Waals surface area (Å²) in [5, 5.41) is 0. The van der Waals surface area contributed by atoms with Crippen molar-refractivity contribution in [2.75, 3.05) is 0 Å². The first kappa shape index (κ1) is 41.5. The van der Waals surface area contributed by atoms with Gasteiger partial charge >= 0.3 is 0 Å². The number of pyridine rings is 2. The van der Waals surface area contributed by atoms with Crippen molar-refractivity contribution in [3.8, 4) is 78.9 Å². The smallest absolute Gasteiger partial charge is 0.239 e. The van der Waals surface area contributed by atoms with Gasteiger partial charge in [0.1, 0.15) is 11.5 Å². The topological polar surface area (TPSA) is 44.2 Å². The monoisotopic (exact) mass is 991 g/mol. The fraction of sp³-hybridized carbons (Fsp3) is 0.0877. The Labute approximate surface area is 384 Å². The summed E-state index contributed by atoms with van der Waals surface area (Å²) in [6.07, 6.45) is 3.90. The van der Waals surface area contributed by atoms with E-state index in [2.05, 4.69) is 167 Å². The van der Waals surface area contributed by atoms with E-state index in [1.807, 2.05) is 54.9 Å². The molecule has 0 N–H and O–H groups in total. The Morgan fingerprint density at radius 2 is 1.03 bits per heavy atom. The van der Waals surface area contributed by atoms with Crippen molar-refractivity contribution < 1.29 is 29.6 Å². The van der Waals surface area contributed by atoms with Crippen LogP contribution in [0, 0.1) is 46.8 Å². The summed E-state index contributed by atoms with van der Waals surface area (Å²) >= 11 is 0. The Balaban J connectivity index is 0.000000166. The van der Waals surface area contributed by atoms with Crippen LogP contribution in [0.3, 0.4) is 0 Å². The first-order chi connectivity index (χ1) is 30.3.